The van der Waals surface area contributed by atoms with Gasteiger partial charge in [0.25, 0.3) is 0 Å². The maximum atomic E-state index is 11.8. The summed E-state index contributed by atoms with van der Waals surface area (Å²) >= 11 is 1.61. The molecule has 6 nitrogen and oxygen atoms in total. The van der Waals surface area contributed by atoms with Crippen molar-refractivity contribution < 1.29 is 19.4 Å². The van der Waals surface area contributed by atoms with E-state index in [1.54, 1.807) is 25.6 Å². The molecule has 3 rings (SSSR count). The van der Waals surface area contributed by atoms with Gasteiger partial charge < -0.3 is 14.6 Å². The van der Waals surface area contributed by atoms with E-state index in [4.69, 9.17) is 9.47 Å². The Hall–Kier alpha value is -2.12. The lowest BCUT2D eigenvalue weighted by atomic mass is 9.88. The molecule has 1 aromatic carbocycles. The van der Waals surface area contributed by atoms with Crippen LogP contribution >= 0.6 is 11.3 Å². The molecule has 1 aromatic heterocycles. The highest BCUT2D eigenvalue weighted by atomic mass is 32.1. The molecule has 1 fully saturated rings. The Morgan fingerprint density at radius 3 is 2.76 bits per heavy atom. The van der Waals surface area contributed by atoms with Crippen LogP contribution in [0.3, 0.4) is 0 Å². The van der Waals surface area contributed by atoms with Crippen LogP contribution in [0.4, 0.5) is 0 Å². The number of thiazole rings is 1. The average Bonchev–Trinajstić information content (AvgIpc) is 3.20. The van der Waals surface area contributed by atoms with E-state index in [2.05, 4.69) is 9.88 Å². The number of likely N-dealkylation sites (tertiary alicyclic amines) is 1. The largest absolute Gasteiger partial charge is 0.493 e. The number of rotatable bonds is 6. The van der Waals surface area contributed by atoms with Gasteiger partial charge in [-0.3, -0.25) is 9.69 Å². The molecule has 1 aliphatic rings. The number of nitrogens with zero attached hydrogens (tertiary/aromatic N) is 2. The number of methoxy groups -OCH3 is 2. The van der Waals surface area contributed by atoms with Crippen molar-refractivity contribution in [1.82, 2.24) is 9.88 Å². The van der Waals surface area contributed by atoms with Gasteiger partial charge in [-0.1, -0.05) is 12.1 Å². The number of carbonyl (C=O) groups is 1. The van der Waals surface area contributed by atoms with Crippen LogP contribution in [0.5, 0.6) is 11.5 Å². The van der Waals surface area contributed by atoms with E-state index >= 15 is 0 Å². The van der Waals surface area contributed by atoms with Crippen LogP contribution in [-0.2, 0) is 11.3 Å². The lowest BCUT2D eigenvalue weighted by molar-refractivity contribution is -0.141. The number of hydrogen-bond acceptors (Lipinski definition) is 6. The Morgan fingerprint density at radius 1 is 1.36 bits per heavy atom. The SMILES string of the molecule is COc1cccc([C@H]2CN(Cc3csc(C)n3)C[C@@H]2C(=O)O)c1OC. The van der Waals surface area contributed by atoms with Crippen LogP contribution in [0, 0.1) is 12.8 Å². The number of carboxylic acid groups (broad SMARTS) is 1. The minimum Gasteiger partial charge on any atom is -0.493 e. The molecule has 134 valence electrons. The van der Waals surface area contributed by atoms with Gasteiger partial charge in [-0.25, -0.2) is 4.98 Å². The monoisotopic (exact) mass is 362 g/mol. The molecule has 1 saturated heterocycles. The number of ether oxygens (including phenoxy) is 2. The summed E-state index contributed by atoms with van der Waals surface area (Å²) in [5, 5.41) is 12.8. The Labute approximate surface area is 151 Å². The zero-order valence-electron chi connectivity index (χ0n) is 14.6. The van der Waals surface area contributed by atoms with E-state index in [0.29, 0.717) is 31.1 Å². The van der Waals surface area contributed by atoms with Gasteiger partial charge in [0, 0.05) is 36.5 Å². The second kappa shape index (κ2) is 7.41. The molecule has 0 amide bonds. The van der Waals surface area contributed by atoms with E-state index < -0.39 is 11.9 Å². The molecule has 0 unspecified atom stereocenters. The van der Waals surface area contributed by atoms with Crippen molar-refractivity contribution in [1.29, 1.82) is 0 Å². The minimum atomic E-state index is -0.785. The summed E-state index contributed by atoms with van der Waals surface area (Å²) in [4.78, 5) is 18.5. The number of aliphatic carboxylic acids is 1. The van der Waals surface area contributed by atoms with Gasteiger partial charge in [0.05, 0.1) is 30.8 Å². The first-order valence-electron chi connectivity index (χ1n) is 8.10. The minimum absolute atomic E-state index is 0.151. The molecule has 0 aliphatic carbocycles. The summed E-state index contributed by atoms with van der Waals surface area (Å²) in [6, 6.07) is 5.63. The van der Waals surface area contributed by atoms with Gasteiger partial charge in [0.2, 0.25) is 0 Å². The summed E-state index contributed by atoms with van der Waals surface area (Å²) in [7, 11) is 3.17. The third-order valence-electron chi connectivity index (χ3n) is 4.60. The molecule has 1 N–H and O–H groups in total. The van der Waals surface area contributed by atoms with E-state index in [-0.39, 0.29) is 5.92 Å². The summed E-state index contributed by atoms with van der Waals surface area (Å²) in [6.07, 6.45) is 0. The number of carboxylic acids is 1. The molecule has 0 saturated carbocycles. The molecule has 25 heavy (non-hydrogen) atoms. The molecule has 7 heteroatoms. The molecule has 0 bridgehead atoms. The predicted octanol–water partition coefficient (Wildman–Crippen LogP) is 2.77. The third kappa shape index (κ3) is 3.62. The molecule has 2 atom stereocenters. The van der Waals surface area contributed by atoms with E-state index in [0.717, 1.165) is 16.3 Å². The summed E-state index contributed by atoms with van der Waals surface area (Å²) in [6.45, 7) is 3.78. The smallest absolute Gasteiger partial charge is 0.308 e. The Balaban J connectivity index is 1.88. The predicted molar refractivity (Wildman–Crippen MR) is 95.5 cm³/mol. The van der Waals surface area contributed by atoms with Crippen LogP contribution in [-0.4, -0.2) is 48.3 Å². The van der Waals surface area contributed by atoms with Gasteiger partial charge >= 0.3 is 5.97 Å². The number of aryl methyl sites for hydroxylation is 1. The average molecular weight is 362 g/mol. The third-order valence-corrected chi connectivity index (χ3v) is 5.42. The van der Waals surface area contributed by atoms with Crippen molar-refractivity contribution in [3.8, 4) is 11.5 Å². The van der Waals surface area contributed by atoms with Gasteiger partial charge in [-0.15, -0.1) is 11.3 Å². The second-order valence-corrected chi connectivity index (χ2v) is 7.25. The fourth-order valence-corrected chi connectivity index (χ4v) is 4.10. The topological polar surface area (TPSA) is 71.9 Å². The summed E-state index contributed by atoms with van der Waals surface area (Å²) in [5.41, 5.74) is 1.87. The van der Waals surface area contributed by atoms with Crippen LogP contribution < -0.4 is 9.47 Å². The fourth-order valence-electron chi connectivity index (χ4n) is 3.49. The van der Waals surface area contributed by atoms with E-state index in [1.807, 2.05) is 30.5 Å². The van der Waals surface area contributed by atoms with E-state index in [9.17, 15) is 9.90 Å². The second-order valence-electron chi connectivity index (χ2n) is 6.19. The van der Waals surface area contributed by atoms with Crippen molar-refractivity contribution >= 4 is 17.3 Å². The number of aromatic nitrogens is 1. The standard InChI is InChI=1S/C18H22N2O4S/c1-11-19-12(10-25-11)7-20-8-14(15(9-20)18(21)22)13-5-4-6-16(23-2)17(13)24-3/h4-6,10,14-15H,7-9H2,1-3H3,(H,21,22)/t14-,15+/m1/s1. The zero-order valence-corrected chi connectivity index (χ0v) is 15.4. The number of hydrogen-bond donors (Lipinski definition) is 1. The Kier molecular flexibility index (Phi) is 5.24. The van der Waals surface area contributed by atoms with Gasteiger partial charge in [0.1, 0.15) is 0 Å². The lowest BCUT2D eigenvalue weighted by Crippen LogP contribution is -2.23. The zero-order chi connectivity index (χ0) is 18.0. The highest BCUT2D eigenvalue weighted by Gasteiger charge is 2.40. The lowest BCUT2D eigenvalue weighted by Gasteiger charge is -2.20. The van der Waals surface area contributed by atoms with Crippen molar-refractivity contribution in [3.63, 3.8) is 0 Å². The highest BCUT2D eigenvalue weighted by Crippen LogP contribution is 2.42. The Bertz CT molecular complexity index is 761. The number of para-hydroxylation sites is 1. The van der Waals surface area contributed by atoms with Crippen molar-refractivity contribution in [3.05, 3.63) is 39.8 Å². The number of benzene rings is 1. The molecule has 1 aliphatic heterocycles. The summed E-state index contributed by atoms with van der Waals surface area (Å²) in [5.74, 6) is -0.180. The van der Waals surface area contributed by atoms with Crippen LogP contribution in [0.1, 0.15) is 22.2 Å². The van der Waals surface area contributed by atoms with Crippen LogP contribution in [0.15, 0.2) is 23.6 Å². The van der Waals surface area contributed by atoms with Gasteiger partial charge in [0.15, 0.2) is 11.5 Å². The van der Waals surface area contributed by atoms with Crippen molar-refractivity contribution in [2.75, 3.05) is 27.3 Å². The molecular weight excluding hydrogens is 340 g/mol. The first-order valence-corrected chi connectivity index (χ1v) is 8.98. The first-order chi connectivity index (χ1) is 12.0. The van der Waals surface area contributed by atoms with Gasteiger partial charge in [-0.05, 0) is 13.0 Å². The van der Waals surface area contributed by atoms with Gasteiger partial charge in [-0.2, -0.15) is 0 Å². The maximum Gasteiger partial charge on any atom is 0.308 e. The summed E-state index contributed by atoms with van der Waals surface area (Å²) < 4.78 is 10.9. The van der Waals surface area contributed by atoms with Crippen molar-refractivity contribution in [2.45, 2.75) is 19.4 Å². The first kappa shape index (κ1) is 17.7. The molecular formula is C18H22N2O4S. The fraction of sp³-hybridized carbons (Fsp3) is 0.444. The highest BCUT2D eigenvalue weighted by molar-refractivity contribution is 7.09. The molecule has 2 heterocycles. The van der Waals surface area contributed by atoms with E-state index in [1.165, 1.54) is 0 Å². The molecule has 0 spiro atoms. The molecule has 2 aromatic rings. The van der Waals surface area contributed by atoms with Crippen molar-refractivity contribution in [2.24, 2.45) is 5.92 Å². The van der Waals surface area contributed by atoms with Crippen LogP contribution in [0.2, 0.25) is 0 Å². The quantitative estimate of drug-likeness (QED) is 0.852. The molecule has 0 radical (unpaired) electrons. The van der Waals surface area contributed by atoms with Crippen LogP contribution in [0.25, 0.3) is 0 Å². The normalized spacial score (nSPS) is 20.6. The Morgan fingerprint density at radius 2 is 2.16 bits per heavy atom. The maximum absolute atomic E-state index is 11.8.